The maximum atomic E-state index is 13.3. The largest absolute Gasteiger partial charge is 0.346 e. The van der Waals surface area contributed by atoms with Crippen molar-refractivity contribution < 1.29 is 4.79 Å². The number of thiazole rings is 1. The number of amides is 1. The first-order chi connectivity index (χ1) is 11.2. The summed E-state index contributed by atoms with van der Waals surface area (Å²) in [4.78, 5) is 21.9. The Kier molecular flexibility index (Phi) is 4.18. The first kappa shape index (κ1) is 15.6. The van der Waals surface area contributed by atoms with Gasteiger partial charge in [-0.15, -0.1) is 11.3 Å². The standard InChI is InChI=1S/C18H27N3OS/c1-13-19-16-14(7-6-8-15(16)23-13)20-17(22)18(9-2-3-10-18)21-11-4-5-12-21/h14H,2-12H2,1H3,(H,20,22). The Balaban J connectivity index is 1.55. The highest BCUT2D eigenvalue weighted by Crippen LogP contribution is 2.39. The van der Waals surface area contributed by atoms with Crippen LogP contribution in [0.25, 0.3) is 0 Å². The number of aromatic nitrogens is 1. The molecule has 0 spiro atoms. The smallest absolute Gasteiger partial charge is 0.241 e. The van der Waals surface area contributed by atoms with Crippen LogP contribution >= 0.6 is 11.3 Å². The molecular weight excluding hydrogens is 306 g/mol. The van der Waals surface area contributed by atoms with E-state index in [1.54, 1.807) is 11.3 Å². The van der Waals surface area contributed by atoms with Crippen LogP contribution in [0.5, 0.6) is 0 Å². The van der Waals surface area contributed by atoms with E-state index in [9.17, 15) is 4.79 Å². The van der Waals surface area contributed by atoms with Gasteiger partial charge in [-0.25, -0.2) is 4.98 Å². The second-order valence-corrected chi connectivity index (χ2v) is 8.68. The molecular formula is C18H27N3OS. The van der Waals surface area contributed by atoms with E-state index in [1.165, 1.54) is 30.6 Å². The molecule has 126 valence electrons. The van der Waals surface area contributed by atoms with Crippen LogP contribution in [-0.4, -0.2) is 34.4 Å². The number of carbonyl (C=O) groups excluding carboxylic acids is 1. The summed E-state index contributed by atoms with van der Waals surface area (Å²) >= 11 is 1.80. The van der Waals surface area contributed by atoms with Crippen molar-refractivity contribution in [1.82, 2.24) is 15.2 Å². The second-order valence-electron chi connectivity index (χ2n) is 7.39. The summed E-state index contributed by atoms with van der Waals surface area (Å²) in [7, 11) is 0. The molecule has 1 aromatic rings. The number of aryl methyl sites for hydroxylation is 2. The van der Waals surface area contributed by atoms with Gasteiger partial charge in [0.05, 0.1) is 16.7 Å². The minimum Gasteiger partial charge on any atom is -0.346 e. The van der Waals surface area contributed by atoms with Crippen molar-refractivity contribution in [2.45, 2.75) is 76.3 Å². The normalized spacial score (nSPS) is 27.1. The van der Waals surface area contributed by atoms with Crippen LogP contribution in [0.4, 0.5) is 0 Å². The molecule has 2 aliphatic carbocycles. The summed E-state index contributed by atoms with van der Waals surface area (Å²) in [5, 5.41) is 4.54. The third kappa shape index (κ3) is 2.72. The van der Waals surface area contributed by atoms with Gasteiger partial charge in [0.2, 0.25) is 5.91 Å². The molecule has 0 bridgehead atoms. The van der Waals surface area contributed by atoms with Gasteiger partial charge >= 0.3 is 0 Å². The van der Waals surface area contributed by atoms with E-state index < -0.39 is 0 Å². The lowest BCUT2D eigenvalue weighted by atomic mass is 9.91. The average Bonchev–Trinajstić information content (AvgIpc) is 3.27. The van der Waals surface area contributed by atoms with Gasteiger partial charge in [0.1, 0.15) is 5.54 Å². The summed E-state index contributed by atoms with van der Waals surface area (Å²) in [6.45, 7) is 4.27. The lowest BCUT2D eigenvalue weighted by Crippen LogP contribution is -2.57. The molecule has 1 amide bonds. The molecule has 2 fully saturated rings. The van der Waals surface area contributed by atoms with Crippen LogP contribution in [0.15, 0.2) is 0 Å². The summed E-state index contributed by atoms with van der Waals surface area (Å²) in [6, 6.07) is 0.135. The van der Waals surface area contributed by atoms with Gasteiger partial charge in [0.25, 0.3) is 0 Å². The summed E-state index contributed by atoms with van der Waals surface area (Å²) in [5.74, 6) is 0.278. The van der Waals surface area contributed by atoms with E-state index in [0.29, 0.717) is 0 Å². The van der Waals surface area contributed by atoms with E-state index in [-0.39, 0.29) is 17.5 Å². The highest BCUT2D eigenvalue weighted by atomic mass is 32.1. The van der Waals surface area contributed by atoms with E-state index >= 15 is 0 Å². The summed E-state index contributed by atoms with van der Waals surface area (Å²) in [6.07, 6.45) is 10.3. The van der Waals surface area contributed by atoms with Gasteiger partial charge in [0, 0.05) is 4.88 Å². The van der Waals surface area contributed by atoms with E-state index in [4.69, 9.17) is 4.98 Å². The van der Waals surface area contributed by atoms with Crippen molar-refractivity contribution in [3.63, 3.8) is 0 Å². The number of nitrogens with zero attached hydrogens (tertiary/aromatic N) is 2. The van der Waals surface area contributed by atoms with Gasteiger partial charge in [-0.1, -0.05) is 12.8 Å². The molecule has 5 heteroatoms. The fraction of sp³-hybridized carbons (Fsp3) is 0.778. The topological polar surface area (TPSA) is 45.2 Å². The van der Waals surface area contributed by atoms with Crippen LogP contribution in [0.3, 0.4) is 0 Å². The van der Waals surface area contributed by atoms with Gasteiger partial charge in [-0.2, -0.15) is 0 Å². The van der Waals surface area contributed by atoms with Crippen LogP contribution < -0.4 is 5.32 Å². The Morgan fingerprint density at radius 1 is 1.22 bits per heavy atom. The number of hydrogen-bond acceptors (Lipinski definition) is 4. The zero-order valence-corrected chi connectivity index (χ0v) is 14.9. The Morgan fingerprint density at radius 2 is 1.96 bits per heavy atom. The second kappa shape index (κ2) is 6.17. The quantitative estimate of drug-likeness (QED) is 0.922. The molecule has 3 aliphatic rings. The number of nitrogens with one attached hydrogen (secondary N) is 1. The van der Waals surface area contributed by atoms with Crippen molar-refractivity contribution >= 4 is 17.2 Å². The third-order valence-corrected chi connectivity index (χ3v) is 6.98. The van der Waals surface area contributed by atoms with Crippen LogP contribution in [0.2, 0.25) is 0 Å². The maximum Gasteiger partial charge on any atom is 0.241 e. The predicted octanol–water partition coefficient (Wildman–Crippen LogP) is 3.35. The van der Waals surface area contributed by atoms with Crippen LogP contribution in [0.1, 0.15) is 73.0 Å². The summed E-state index contributed by atoms with van der Waals surface area (Å²) < 4.78 is 0. The zero-order chi connectivity index (χ0) is 15.9. The Labute approximate surface area is 142 Å². The molecule has 23 heavy (non-hydrogen) atoms. The number of fused-ring (bicyclic) bond motifs is 1. The molecule has 0 aromatic carbocycles. The minimum atomic E-state index is -0.223. The van der Waals surface area contributed by atoms with Crippen molar-refractivity contribution in [2.24, 2.45) is 0 Å². The van der Waals surface area contributed by atoms with Crippen molar-refractivity contribution in [2.75, 3.05) is 13.1 Å². The van der Waals surface area contributed by atoms with Crippen molar-refractivity contribution in [3.05, 3.63) is 15.6 Å². The highest BCUT2D eigenvalue weighted by molar-refractivity contribution is 7.11. The summed E-state index contributed by atoms with van der Waals surface area (Å²) in [5.41, 5.74) is 0.931. The van der Waals surface area contributed by atoms with Crippen LogP contribution in [0, 0.1) is 6.92 Å². The zero-order valence-electron chi connectivity index (χ0n) is 14.1. The average molecular weight is 334 g/mol. The molecule has 1 unspecified atom stereocenters. The lowest BCUT2D eigenvalue weighted by molar-refractivity contribution is -0.133. The van der Waals surface area contributed by atoms with E-state index in [1.807, 2.05) is 0 Å². The number of hydrogen-bond donors (Lipinski definition) is 1. The van der Waals surface area contributed by atoms with Gasteiger partial charge < -0.3 is 5.32 Å². The van der Waals surface area contributed by atoms with Gasteiger partial charge in [-0.3, -0.25) is 9.69 Å². The Hall–Kier alpha value is -0.940. The molecule has 2 heterocycles. The Morgan fingerprint density at radius 3 is 2.70 bits per heavy atom. The molecule has 1 N–H and O–H groups in total. The van der Waals surface area contributed by atoms with Crippen LogP contribution in [-0.2, 0) is 11.2 Å². The molecule has 1 aromatic heterocycles. The first-order valence-electron chi connectivity index (χ1n) is 9.21. The molecule has 1 saturated carbocycles. The molecule has 1 saturated heterocycles. The number of rotatable bonds is 3. The van der Waals surface area contributed by atoms with Gasteiger partial charge in [0.15, 0.2) is 0 Å². The lowest BCUT2D eigenvalue weighted by Gasteiger charge is -2.38. The number of carbonyl (C=O) groups is 1. The molecule has 4 rings (SSSR count). The molecule has 4 nitrogen and oxygen atoms in total. The SMILES string of the molecule is Cc1nc2c(s1)CCCC2NC(=O)C1(N2CCCC2)CCCC1. The monoisotopic (exact) mass is 333 g/mol. The third-order valence-electron chi connectivity index (χ3n) is 5.93. The Bertz CT molecular complexity index is 585. The number of likely N-dealkylation sites (tertiary alicyclic amines) is 1. The maximum absolute atomic E-state index is 13.3. The molecule has 1 atom stereocenters. The molecule has 1 aliphatic heterocycles. The predicted molar refractivity (Wildman–Crippen MR) is 92.7 cm³/mol. The van der Waals surface area contributed by atoms with Crippen molar-refractivity contribution in [3.8, 4) is 0 Å². The fourth-order valence-electron chi connectivity index (χ4n) is 4.77. The fourth-order valence-corrected chi connectivity index (χ4v) is 5.80. The first-order valence-corrected chi connectivity index (χ1v) is 10.0. The van der Waals surface area contributed by atoms with Gasteiger partial charge in [-0.05, 0) is 65.0 Å². The highest BCUT2D eigenvalue weighted by Gasteiger charge is 2.47. The minimum absolute atomic E-state index is 0.135. The van der Waals surface area contributed by atoms with E-state index in [2.05, 4.69) is 17.1 Å². The van der Waals surface area contributed by atoms with Crippen molar-refractivity contribution in [1.29, 1.82) is 0 Å². The molecule has 0 radical (unpaired) electrons. The van der Waals surface area contributed by atoms with E-state index in [0.717, 1.165) is 55.9 Å².